The van der Waals surface area contributed by atoms with Crippen molar-refractivity contribution in [1.82, 2.24) is 9.97 Å². The lowest BCUT2D eigenvalue weighted by Gasteiger charge is -2.22. The Morgan fingerprint density at radius 2 is 2.22 bits per heavy atom. The van der Waals surface area contributed by atoms with Crippen LogP contribution in [0.1, 0.15) is 19.5 Å². The zero-order valence-corrected chi connectivity index (χ0v) is 10.9. The van der Waals surface area contributed by atoms with Crippen LogP contribution in [0.4, 0.5) is 0 Å². The molecule has 100 valence electrons. The highest BCUT2D eigenvalue weighted by Crippen LogP contribution is 2.25. The first kappa shape index (κ1) is 13.2. The Kier molecular flexibility index (Phi) is 4.11. The van der Waals surface area contributed by atoms with Crippen molar-refractivity contribution in [3.8, 4) is 5.88 Å². The Morgan fingerprint density at radius 3 is 2.94 bits per heavy atom. The molecular formula is C12H18N2O4. The van der Waals surface area contributed by atoms with E-state index in [2.05, 4.69) is 9.97 Å². The summed E-state index contributed by atoms with van der Waals surface area (Å²) in [6.07, 6.45) is 3.06. The molecule has 1 saturated heterocycles. The normalized spacial score (nSPS) is 27.4. The van der Waals surface area contributed by atoms with E-state index in [4.69, 9.17) is 18.9 Å². The van der Waals surface area contributed by atoms with Gasteiger partial charge >= 0.3 is 0 Å². The van der Waals surface area contributed by atoms with Gasteiger partial charge in [-0.1, -0.05) is 0 Å². The Balaban J connectivity index is 1.84. The topological polar surface area (TPSA) is 62.7 Å². The molecule has 1 aliphatic rings. The van der Waals surface area contributed by atoms with Crippen LogP contribution in [-0.2, 0) is 14.2 Å². The van der Waals surface area contributed by atoms with Crippen LogP contribution < -0.4 is 4.74 Å². The van der Waals surface area contributed by atoms with Gasteiger partial charge in [0.05, 0.1) is 12.3 Å². The van der Waals surface area contributed by atoms with E-state index in [0.717, 1.165) is 5.69 Å². The molecule has 0 radical (unpaired) electrons. The zero-order chi connectivity index (χ0) is 13.0. The van der Waals surface area contributed by atoms with Crippen LogP contribution in [0, 0.1) is 6.92 Å². The number of rotatable bonds is 5. The maximum Gasteiger partial charge on any atom is 0.280 e. The van der Waals surface area contributed by atoms with E-state index in [1.807, 2.05) is 13.8 Å². The quantitative estimate of drug-likeness (QED) is 0.789. The van der Waals surface area contributed by atoms with E-state index in [1.54, 1.807) is 19.3 Å². The average Bonchev–Trinajstić information content (AvgIpc) is 2.70. The summed E-state index contributed by atoms with van der Waals surface area (Å²) < 4.78 is 22.0. The molecule has 6 nitrogen and oxygen atoms in total. The van der Waals surface area contributed by atoms with Crippen LogP contribution in [0.25, 0.3) is 0 Å². The Morgan fingerprint density at radius 1 is 1.44 bits per heavy atom. The predicted molar refractivity (Wildman–Crippen MR) is 63.1 cm³/mol. The van der Waals surface area contributed by atoms with Gasteiger partial charge in [-0.2, -0.15) is 0 Å². The molecular weight excluding hydrogens is 236 g/mol. The largest absolute Gasteiger partial charge is 0.474 e. The molecule has 1 aliphatic heterocycles. The lowest BCUT2D eigenvalue weighted by Crippen LogP contribution is -2.31. The first-order valence-electron chi connectivity index (χ1n) is 5.99. The zero-order valence-electron chi connectivity index (χ0n) is 10.9. The highest BCUT2D eigenvalue weighted by atomic mass is 16.9. The van der Waals surface area contributed by atoms with Crippen molar-refractivity contribution in [3.63, 3.8) is 0 Å². The summed E-state index contributed by atoms with van der Waals surface area (Å²) in [6, 6.07) is 0. The van der Waals surface area contributed by atoms with Crippen LogP contribution in [0.5, 0.6) is 5.88 Å². The predicted octanol–water partition coefficient (Wildman–Crippen LogP) is 1.29. The van der Waals surface area contributed by atoms with Gasteiger partial charge in [0.15, 0.2) is 0 Å². The smallest absolute Gasteiger partial charge is 0.280 e. The molecule has 0 amide bonds. The van der Waals surface area contributed by atoms with Crippen molar-refractivity contribution in [2.45, 2.75) is 32.8 Å². The minimum absolute atomic E-state index is 0.164. The second kappa shape index (κ2) is 5.60. The fourth-order valence-electron chi connectivity index (χ4n) is 1.74. The minimum Gasteiger partial charge on any atom is -0.474 e. The summed E-state index contributed by atoms with van der Waals surface area (Å²) in [5.74, 6) is -0.439. The van der Waals surface area contributed by atoms with Crippen LogP contribution in [0.2, 0.25) is 0 Å². The van der Waals surface area contributed by atoms with Crippen molar-refractivity contribution in [2.75, 3.05) is 19.8 Å². The lowest BCUT2D eigenvalue weighted by molar-refractivity contribution is -0.324. The second-order valence-corrected chi connectivity index (χ2v) is 4.10. The van der Waals surface area contributed by atoms with E-state index < -0.39 is 5.97 Å². The molecule has 0 aromatic carbocycles. The fraction of sp³-hybridized carbons (Fsp3) is 0.667. The average molecular weight is 254 g/mol. The molecule has 0 saturated carbocycles. The van der Waals surface area contributed by atoms with E-state index in [9.17, 15) is 0 Å². The molecule has 18 heavy (non-hydrogen) atoms. The van der Waals surface area contributed by atoms with Crippen molar-refractivity contribution < 1.29 is 18.9 Å². The molecule has 0 aliphatic carbocycles. The van der Waals surface area contributed by atoms with Crippen molar-refractivity contribution >= 4 is 0 Å². The van der Waals surface area contributed by atoms with Crippen LogP contribution in [-0.4, -0.2) is 41.9 Å². The summed E-state index contributed by atoms with van der Waals surface area (Å²) in [5, 5.41) is 0. The number of aryl methyl sites for hydroxylation is 1. The van der Waals surface area contributed by atoms with Gasteiger partial charge in [-0.05, 0) is 13.8 Å². The van der Waals surface area contributed by atoms with Gasteiger partial charge < -0.3 is 18.9 Å². The summed E-state index contributed by atoms with van der Waals surface area (Å²) in [4.78, 5) is 8.20. The monoisotopic (exact) mass is 254 g/mol. The third kappa shape index (κ3) is 3.16. The first-order chi connectivity index (χ1) is 8.63. The summed E-state index contributed by atoms with van der Waals surface area (Å²) >= 11 is 0. The summed E-state index contributed by atoms with van der Waals surface area (Å²) in [5.41, 5.74) is 0.754. The van der Waals surface area contributed by atoms with Gasteiger partial charge in [0.1, 0.15) is 12.7 Å². The number of ether oxygens (including phenoxy) is 4. The molecule has 1 fully saturated rings. The standard InChI is InChI=1S/C12H18N2O4/c1-4-16-12(3)17-8-10(18-12)7-15-11-9(2)13-5-6-14-11/h5-6,10H,4,7-8H2,1-3H3. The maximum absolute atomic E-state index is 5.63. The number of hydrogen-bond acceptors (Lipinski definition) is 6. The highest BCUT2D eigenvalue weighted by molar-refractivity contribution is 5.14. The van der Waals surface area contributed by atoms with Crippen molar-refractivity contribution in [2.24, 2.45) is 0 Å². The third-order valence-electron chi connectivity index (χ3n) is 2.56. The molecule has 0 bridgehead atoms. The Hall–Kier alpha value is -1.24. The number of hydrogen-bond donors (Lipinski definition) is 0. The highest BCUT2D eigenvalue weighted by Gasteiger charge is 2.38. The molecule has 6 heteroatoms. The molecule has 1 aromatic heterocycles. The van der Waals surface area contributed by atoms with E-state index in [-0.39, 0.29) is 6.10 Å². The SMILES string of the molecule is CCOC1(C)OCC(COc2nccnc2C)O1. The molecule has 1 aromatic rings. The van der Waals surface area contributed by atoms with E-state index >= 15 is 0 Å². The molecule has 0 spiro atoms. The van der Waals surface area contributed by atoms with Crippen LogP contribution in [0.3, 0.4) is 0 Å². The molecule has 2 rings (SSSR count). The van der Waals surface area contributed by atoms with E-state index in [1.165, 1.54) is 0 Å². The van der Waals surface area contributed by atoms with Gasteiger partial charge in [0, 0.05) is 25.9 Å². The Bertz CT molecular complexity index is 401. The number of aromatic nitrogens is 2. The Labute approximate surface area is 106 Å². The van der Waals surface area contributed by atoms with Crippen LogP contribution in [0.15, 0.2) is 12.4 Å². The van der Waals surface area contributed by atoms with Gasteiger partial charge in [0.25, 0.3) is 5.97 Å². The van der Waals surface area contributed by atoms with Gasteiger partial charge in [-0.15, -0.1) is 0 Å². The van der Waals surface area contributed by atoms with Crippen molar-refractivity contribution in [1.29, 1.82) is 0 Å². The number of nitrogens with zero attached hydrogens (tertiary/aromatic N) is 2. The molecule has 0 N–H and O–H groups in total. The molecule has 2 unspecified atom stereocenters. The van der Waals surface area contributed by atoms with Gasteiger partial charge in [0.2, 0.25) is 5.88 Å². The lowest BCUT2D eigenvalue weighted by atomic mass is 10.4. The summed E-state index contributed by atoms with van der Waals surface area (Å²) in [7, 11) is 0. The van der Waals surface area contributed by atoms with Gasteiger partial charge in [-0.3, -0.25) is 4.98 Å². The summed E-state index contributed by atoms with van der Waals surface area (Å²) in [6.45, 7) is 6.83. The van der Waals surface area contributed by atoms with Crippen LogP contribution >= 0.6 is 0 Å². The van der Waals surface area contributed by atoms with Crippen molar-refractivity contribution in [3.05, 3.63) is 18.1 Å². The second-order valence-electron chi connectivity index (χ2n) is 4.10. The first-order valence-corrected chi connectivity index (χ1v) is 5.99. The van der Waals surface area contributed by atoms with E-state index in [0.29, 0.717) is 25.7 Å². The minimum atomic E-state index is -0.958. The third-order valence-corrected chi connectivity index (χ3v) is 2.56. The molecule has 2 atom stereocenters. The maximum atomic E-state index is 5.63. The molecule has 2 heterocycles. The van der Waals surface area contributed by atoms with Gasteiger partial charge in [-0.25, -0.2) is 4.98 Å². The fourth-order valence-corrected chi connectivity index (χ4v) is 1.74.